The van der Waals surface area contributed by atoms with E-state index in [-0.39, 0.29) is 12.0 Å². The molecule has 0 spiro atoms. The molecule has 0 saturated carbocycles. The van der Waals surface area contributed by atoms with Gasteiger partial charge in [-0.3, -0.25) is 4.79 Å². The fourth-order valence-electron chi connectivity index (χ4n) is 2.72. The molecule has 1 saturated heterocycles. The van der Waals surface area contributed by atoms with Crippen LogP contribution in [0.2, 0.25) is 0 Å². The smallest absolute Gasteiger partial charge is 0.254 e. The quantitative estimate of drug-likeness (QED) is 0.757. The normalized spacial score (nSPS) is 19.4. The second-order valence-electron chi connectivity index (χ2n) is 5.85. The summed E-state index contributed by atoms with van der Waals surface area (Å²) in [5.41, 5.74) is 0.749. The number of carbonyl (C=O) groups is 1. The predicted molar refractivity (Wildman–Crippen MR) is 89.3 cm³/mol. The highest BCUT2D eigenvalue weighted by molar-refractivity contribution is 9.09. The fourth-order valence-corrected chi connectivity index (χ4v) is 3.39. The molecule has 2 rings (SSSR count). The van der Waals surface area contributed by atoms with E-state index < -0.39 is 0 Å². The van der Waals surface area contributed by atoms with Gasteiger partial charge in [0.25, 0.3) is 5.91 Å². The van der Waals surface area contributed by atoms with Gasteiger partial charge < -0.3 is 9.64 Å². The minimum Gasteiger partial charge on any atom is -0.491 e. The van der Waals surface area contributed by atoms with Crippen LogP contribution in [-0.4, -0.2) is 34.8 Å². The molecule has 3 nitrogen and oxygen atoms in total. The number of alkyl halides is 1. The van der Waals surface area contributed by atoms with Gasteiger partial charge in [-0.1, -0.05) is 28.8 Å². The highest BCUT2D eigenvalue weighted by Gasteiger charge is 2.25. The van der Waals surface area contributed by atoms with E-state index in [0.29, 0.717) is 6.04 Å². The van der Waals surface area contributed by atoms with E-state index in [1.165, 1.54) is 12.8 Å². The maximum atomic E-state index is 12.7. The lowest BCUT2D eigenvalue weighted by Gasteiger charge is -2.29. The molecule has 0 N–H and O–H groups in total. The van der Waals surface area contributed by atoms with Gasteiger partial charge in [-0.2, -0.15) is 0 Å². The Balaban J connectivity index is 2.10. The van der Waals surface area contributed by atoms with Crippen molar-refractivity contribution in [1.82, 2.24) is 4.90 Å². The average molecular weight is 354 g/mol. The van der Waals surface area contributed by atoms with Crippen LogP contribution in [0, 0.1) is 0 Å². The Bertz CT molecular complexity index is 458. The lowest BCUT2D eigenvalue weighted by Crippen LogP contribution is -2.41. The van der Waals surface area contributed by atoms with Gasteiger partial charge in [0.2, 0.25) is 0 Å². The van der Waals surface area contributed by atoms with Crippen LogP contribution in [0.15, 0.2) is 24.3 Å². The lowest BCUT2D eigenvalue weighted by atomic mass is 10.1. The SMILES string of the molecule is CC(C)Oc1ccc(C(=O)N2CCCCCC2CBr)cc1. The summed E-state index contributed by atoms with van der Waals surface area (Å²) in [6, 6.07) is 7.82. The first-order valence-corrected chi connectivity index (χ1v) is 8.87. The molecule has 1 amide bonds. The van der Waals surface area contributed by atoms with Crippen LogP contribution in [0.1, 0.15) is 49.9 Å². The molecule has 0 bridgehead atoms. The van der Waals surface area contributed by atoms with Crippen molar-refractivity contribution in [3.63, 3.8) is 0 Å². The Labute approximate surface area is 135 Å². The standard InChI is InChI=1S/C17H24BrNO2/c1-13(2)21-16-9-7-14(8-10-16)17(20)19-11-5-3-4-6-15(19)12-18/h7-10,13,15H,3-6,11-12H2,1-2H3. The number of nitrogens with zero attached hydrogens (tertiary/aromatic N) is 1. The molecule has 1 atom stereocenters. The Morgan fingerprint density at radius 3 is 2.62 bits per heavy atom. The summed E-state index contributed by atoms with van der Waals surface area (Å²) in [5, 5.41) is 0.854. The third kappa shape index (κ3) is 4.47. The number of amides is 1. The second-order valence-corrected chi connectivity index (χ2v) is 6.49. The van der Waals surface area contributed by atoms with Crippen LogP contribution in [0.4, 0.5) is 0 Å². The molecular weight excluding hydrogens is 330 g/mol. The third-order valence-corrected chi connectivity index (χ3v) is 4.54. The van der Waals surface area contributed by atoms with E-state index in [2.05, 4.69) is 15.9 Å². The fraction of sp³-hybridized carbons (Fsp3) is 0.588. The predicted octanol–water partition coefficient (Wildman–Crippen LogP) is 4.25. The van der Waals surface area contributed by atoms with Crippen molar-refractivity contribution in [2.75, 3.05) is 11.9 Å². The monoisotopic (exact) mass is 353 g/mol. The molecule has 0 aromatic heterocycles. The number of likely N-dealkylation sites (tertiary alicyclic amines) is 1. The lowest BCUT2D eigenvalue weighted by molar-refractivity contribution is 0.0702. The topological polar surface area (TPSA) is 29.5 Å². The Morgan fingerprint density at radius 2 is 2.00 bits per heavy atom. The molecule has 1 heterocycles. The average Bonchev–Trinajstić information content (AvgIpc) is 2.71. The summed E-state index contributed by atoms with van der Waals surface area (Å²) in [5.74, 6) is 0.951. The minimum atomic E-state index is 0.137. The Hall–Kier alpha value is -1.03. The van der Waals surface area contributed by atoms with Crippen LogP contribution < -0.4 is 4.74 Å². The zero-order valence-corrected chi connectivity index (χ0v) is 14.4. The molecular formula is C17H24BrNO2. The number of halogens is 1. The van der Waals surface area contributed by atoms with Gasteiger partial charge in [0.15, 0.2) is 0 Å². The second kappa shape index (κ2) is 7.83. The summed E-state index contributed by atoms with van der Waals surface area (Å²) >= 11 is 3.55. The van der Waals surface area contributed by atoms with Crippen LogP contribution in [0.25, 0.3) is 0 Å². The van der Waals surface area contributed by atoms with Gasteiger partial charge in [-0.05, 0) is 51.0 Å². The van der Waals surface area contributed by atoms with Crippen LogP contribution >= 0.6 is 15.9 Å². The summed E-state index contributed by atoms with van der Waals surface area (Å²) in [6.45, 7) is 4.85. The first kappa shape index (κ1) is 16.3. The molecule has 21 heavy (non-hydrogen) atoms. The molecule has 1 fully saturated rings. The maximum absolute atomic E-state index is 12.7. The Kier molecular flexibility index (Phi) is 6.09. The van der Waals surface area contributed by atoms with Gasteiger partial charge in [0, 0.05) is 23.5 Å². The van der Waals surface area contributed by atoms with Crippen molar-refractivity contribution in [1.29, 1.82) is 0 Å². The van der Waals surface area contributed by atoms with Gasteiger partial charge in [0.1, 0.15) is 5.75 Å². The van der Waals surface area contributed by atoms with E-state index in [9.17, 15) is 4.79 Å². The maximum Gasteiger partial charge on any atom is 0.254 e. The molecule has 1 unspecified atom stereocenters. The molecule has 1 aromatic carbocycles. The van der Waals surface area contributed by atoms with Gasteiger partial charge >= 0.3 is 0 Å². The summed E-state index contributed by atoms with van der Waals surface area (Å²) in [6.07, 6.45) is 4.76. The van der Waals surface area contributed by atoms with Gasteiger partial charge in [-0.25, -0.2) is 0 Å². The van der Waals surface area contributed by atoms with E-state index in [4.69, 9.17) is 4.74 Å². The molecule has 0 aliphatic carbocycles. The highest BCUT2D eigenvalue weighted by atomic mass is 79.9. The van der Waals surface area contributed by atoms with Gasteiger partial charge in [0.05, 0.1) is 6.10 Å². The zero-order valence-electron chi connectivity index (χ0n) is 12.8. The van der Waals surface area contributed by atoms with Crippen molar-refractivity contribution in [2.45, 2.75) is 51.7 Å². The number of hydrogen-bond acceptors (Lipinski definition) is 2. The first-order valence-electron chi connectivity index (χ1n) is 7.75. The molecule has 4 heteroatoms. The first-order chi connectivity index (χ1) is 10.1. The Morgan fingerprint density at radius 1 is 1.29 bits per heavy atom. The van der Waals surface area contributed by atoms with Crippen LogP contribution in [0.5, 0.6) is 5.75 Å². The number of carbonyl (C=O) groups excluding carboxylic acids is 1. The van der Waals surface area contributed by atoms with Gasteiger partial charge in [-0.15, -0.1) is 0 Å². The van der Waals surface area contributed by atoms with E-state index >= 15 is 0 Å². The summed E-state index contributed by atoms with van der Waals surface area (Å²) < 4.78 is 5.62. The van der Waals surface area contributed by atoms with Crippen molar-refractivity contribution in [3.8, 4) is 5.75 Å². The molecule has 1 aliphatic rings. The largest absolute Gasteiger partial charge is 0.491 e. The molecule has 0 radical (unpaired) electrons. The zero-order chi connectivity index (χ0) is 15.2. The number of hydrogen-bond donors (Lipinski definition) is 0. The summed E-state index contributed by atoms with van der Waals surface area (Å²) in [7, 11) is 0. The number of ether oxygens (including phenoxy) is 1. The van der Waals surface area contributed by atoms with Crippen molar-refractivity contribution in [2.24, 2.45) is 0 Å². The number of rotatable bonds is 4. The molecule has 1 aliphatic heterocycles. The molecule has 116 valence electrons. The highest BCUT2D eigenvalue weighted by Crippen LogP contribution is 2.22. The van der Waals surface area contributed by atoms with Crippen LogP contribution in [-0.2, 0) is 0 Å². The van der Waals surface area contributed by atoms with E-state index in [1.807, 2.05) is 43.0 Å². The molecule has 1 aromatic rings. The van der Waals surface area contributed by atoms with Crippen molar-refractivity contribution < 1.29 is 9.53 Å². The van der Waals surface area contributed by atoms with Crippen LogP contribution in [0.3, 0.4) is 0 Å². The third-order valence-electron chi connectivity index (χ3n) is 3.79. The van der Waals surface area contributed by atoms with E-state index in [0.717, 1.165) is 36.0 Å². The van der Waals surface area contributed by atoms with Crippen molar-refractivity contribution >= 4 is 21.8 Å². The summed E-state index contributed by atoms with van der Waals surface area (Å²) in [4.78, 5) is 14.7. The van der Waals surface area contributed by atoms with Crippen molar-refractivity contribution in [3.05, 3.63) is 29.8 Å². The minimum absolute atomic E-state index is 0.137. The van der Waals surface area contributed by atoms with E-state index in [1.54, 1.807) is 0 Å². The number of benzene rings is 1.